The number of hydrogen-bond acceptors (Lipinski definition) is 7. The molecule has 0 radical (unpaired) electrons. The zero-order chi connectivity index (χ0) is 25.5. The van der Waals surface area contributed by atoms with Gasteiger partial charge in [-0.05, 0) is 54.1 Å². The fraction of sp³-hybridized carbons (Fsp3) is 0. The highest BCUT2D eigenvalue weighted by molar-refractivity contribution is 7.92. The Labute approximate surface area is 206 Å². The van der Waals surface area contributed by atoms with Crippen LogP contribution in [-0.2, 0) is 10.0 Å². The molecule has 36 heavy (non-hydrogen) atoms. The summed E-state index contributed by atoms with van der Waals surface area (Å²) < 4.78 is 27.9. The van der Waals surface area contributed by atoms with E-state index in [-0.39, 0.29) is 22.4 Å². The molecule has 0 aliphatic carbocycles. The Balaban J connectivity index is 1.44. The van der Waals surface area contributed by atoms with Gasteiger partial charge in [0, 0.05) is 29.6 Å². The number of hydrogen-bond donors (Lipinski definition) is 2. The van der Waals surface area contributed by atoms with Crippen LogP contribution in [-0.4, -0.2) is 29.2 Å². The molecule has 2 N–H and O–H groups in total. The first-order chi connectivity index (χ1) is 17.3. The Bertz CT molecular complexity index is 1540. The number of benzene rings is 3. The molecule has 0 spiro atoms. The number of nitrogens with one attached hydrogen (secondary N) is 2. The van der Waals surface area contributed by atoms with Crippen molar-refractivity contribution in [2.45, 2.75) is 4.90 Å². The molecule has 0 bridgehead atoms. The smallest absolute Gasteiger partial charge is 0.270 e. The fourth-order valence-corrected chi connectivity index (χ4v) is 4.08. The predicted molar refractivity (Wildman–Crippen MR) is 136 cm³/mol. The van der Waals surface area contributed by atoms with Crippen LogP contribution in [0.25, 0.3) is 12.2 Å². The average Bonchev–Trinajstić information content (AvgIpc) is 2.88. The van der Waals surface area contributed by atoms with Gasteiger partial charge in [0.2, 0.25) is 5.95 Å². The van der Waals surface area contributed by atoms with E-state index in [1.165, 1.54) is 42.6 Å². The van der Waals surface area contributed by atoms with Crippen LogP contribution < -0.4 is 10.0 Å². The monoisotopic (exact) mass is 501 g/mol. The van der Waals surface area contributed by atoms with Crippen molar-refractivity contribution in [3.8, 4) is 0 Å². The standard InChI is InChI=1S/C25H19N5O5S/c31-24(19-6-2-1-3-7-19)27-20-11-13-23(14-12-20)36(34,35)29-25-26-16-15-21(28-25)10-9-18-5-4-8-22(17-18)30(32)33/h1-17H,(H,27,31)(H,26,28,29). The molecule has 0 unspecified atom stereocenters. The Morgan fingerprint density at radius 3 is 2.39 bits per heavy atom. The van der Waals surface area contributed by atoms with Crippen molar-refractivity contribution in [2.24, 2.45) is 0 Å². The van der Waals surface area contributed by atoms with Gasteiger partial charge in [-0.25, -0.2) is 23.1 Å². The van der Waals surface area contributed by atoms with Crippen LogP contribution in [0.15, 0.2) is 96.0 Å². The lowest BCUT2D eigenvalue weighted by Gasteiger charge is -2.09. The second-order valence-electron chi connectivity index (χ2n) is 7.44. The lowest BCUT2D eigenvalue weighted by Crippen LogP contribution is -2.15. The maximum atomic E-state index is 12.8. The van der Waals surface area contributed by atoms with Crippen LogP contribution >= 0.6 is 0 Å². The molecule has 0 aliphatic heterocycles. The summed E-state index contributed by atoms with van der Waals surface area (Å²) >= 11 is 0. The average molecular weight is 502 g/mol. The number of nitro groups is 1. The van der Waals surface area contributed by atoms with Crippen LogP contribution in [0.1, 0.15) is 21.6 Å². The third-order valence-electron chi connectivity index (χ3n) is 4.89. The SMILES string of the molecule is O=C(Nc1ccc(S(=O)(=O)Nc2nccc(C=Cc3cccc([N+](=O)[O-])c3)n2)cc1)c1ccccc1. The van der Waals surface area contributed by atoms with Crippen molar-refractivity contribution in [1.29, 1.82) is 0 Å². The van der Waals surface area contributed by atoms with Gasteiger partial charge in [-0.15, -0.1) is 0 Å². The number of sulfonamides is 1. The third kappa shape index (κ3) is 6.15. The first-order valence-corrected chi connectivity index (χ1v) is 12.0. The molecule has 1 heterocycles. The second-order valence-corrected chi connectivity index (χ2v) is 9.12. The Kier molecular flexibility index (Phi) is 7.12. The molecule has 0 saturated heterocycles. The lowest BCUT2D eigenvalue weighted by molar-refractivity contribution is -0.384. The van der Waals surface area contributed by atoms with Crippen LogP contribution in [0.4, 0.5) is 17.3 Å². The number of non-ortho nitro benzene ring substituents is 1. The van der Waals surface area contributed by atoms with Crippen LogP contribution in [0, 0.1) is 10.1 Å². The number of nitro benzene ring substituents is 1. The van der Waals surface area contributed by atoms with E-state index >= 15 is 0 Å². The zero-order valence-corrected chi connectivity index (χ0v) is 19.4. The molecule has 10 nitrogen and oxygen atoms in total. The van der Waals surface area contributed by atoms with Gasteiger partial charge in [0.15, 0.2) is 0 Å². The van der Waals surface area contributed by atoms with Crippen LogP contribution in [0.3, 0.4) is 0 Å². The highest BCUT2D eigenvalue weighted by Crippen LogP contribution is 2.18. The quantitative estimate of drug-likeness (QED) is 0.265. The van der Waals surface area contributed by atoms with Gasteiger partial charge in [-0.3, -0.25) is 14.9 Å². The van der Waals surface area contributed by atoms with Crippen LogP contribution in [0.5, 0.6) is 0 Å². The summed E-state index contributed by atoms with van der Waals surface area (Å²) in [7, 11) is -4.00. The van der Waals surface area contributed by atoms with Crippen molar-refractivity contribution in [2.75, 3.05) is 10.0 Å². The Morgan fingerprint density at radius 2 is 1.67 bits per heavy atom. The van der Waals surface area contributed by atoms with Gasteiger partial charge in [-0.2, -0.15) is 0 Å². The van der Waals surface area contributed by atoms with Crippen molar-refractivity contribution in [1.82, 2.24) is 9.97 Å². The number of carbonyl (C=O) groups excluding carboxylic acids is 1. The van der Waals surface area contributed by atoms with Crippen molar-refractivity contribution >= 4 is 45.4 Å². The summed E-state index contributed by atoms with van der Waals surface area (Å²) in [6.45, 7) is 0. The first kappa shape index (κ1) is 24.2. The topological polar surface area (TPSA) is 144 Å². The van der Waals surface area contributed by atoms with E-state index in [1.807, 2.05) is 0 Å². The van der Waals surface area contributed by atoms with Crippen molar-refractivity contribution < 1.29 is 18.1 Å². The van der Waals surface area contributed by atoms with Gasteiger partial charge in [0.05, 0.1) is 15.5 Å². The molecule has 0 aliphatic rings. The highest BCUT2D eigenvalue weighted by Gasteiger charge is 2.16. The number of anilines is 2. The molecule has 4 rings (SSSR count). The van der Waals surface area contributed by atoms with Crippen molar-refractivity contribution in [3.05, 3.63) is 118 Å². The molecular formula is C25H19N5O5S. The first-order valence-electron chi connectivity index (χ1n) is 10.5. The molecule has 1 aromatic heterocycles. The van der Waals surface area contributed by atoms with Gasteiger partial charge in [0.25, 0.3) is 21.6 Å². The molecule has 0 fully saturated rings. The van der Waals surface area contributed by atoms with E-state index in [0.29, 0.717) is 22.5 Å². The van der Waals surface area contributed by atoms with E-state index in [2.05, 4.69) is 20.0 Å². The molecule has 180 valence electrons. The van der Waals surface area contributed by atoms with Gasteiger partial charge in [0.1, 0.15) is 0 Å². The van der Waals surface area contributed by atoms with E-state index in [9.17, 15) is 23.3 Å². The number of nitrogens with zero attached hydrogens (tertiary/aromatic N) is 3. The maximum Gasteiger partial charge on any atom is 0.270 e. The molecule has 0 saturated carbocycles. The predicted octanol–water partition coefficient (Wildman–Crippen LogP) is 4.61. The molecule has 1 amide bonds. The fourth-order valence-electron chi connectivity index (χ4n) is 3.13. The Morgan fingerprint density at radius 1 is 0.917 bits per heavy atom. The van der Waals surface area contributed by atoms with Gasteiger partial charge < -0.3 is 5.32 Å². The second kappa shape index (κ2) is 10.6. The molecule has 3 aromatic carbocycles. The molecule has 11 heteroatoms. The van der Waals surface area contributed by atoms with Crippen molar-refractivity contribution in [3.63, 3.8) is 0 Å². The van der Waals surface area contributed by atoms with Crippen LogP contribution in [0.2, 0.25) is 0 Å². The summed E-state index contributed by atoms with van der Waals surface area (Å²) in [5.41, 5.74) is 1.86. The summed E-state index contributed by atoms with van der Waals surface area (Å²) in [4.78, 5) is 30.8. The molecular weight excluding hydrogens is 482 g/mol. The zero-order valence-electron chi connectivity index (χ0n) is 18.6. The summed E-state index contributed by atoms with van der Waals surface area (Å²) in [5, 5.41) is 13.6. The minimum atomic E-state index is -4.00. The normalized spacial score (nSPS) is 11.2. The minimum Gasteiger partial charge on any atom is -0.322 e. The number of carbonyl (C=O) groups is 1. The number of rotatable bonds is 8. The summed E-state index contributed by atoms with van der Waals surface area (Å²) in [6, 6.07) is 21.9. The van der Waals surface area contributed by atoms with E-state index in [1.54, 1.807) is 60.7 Å². The lowest BCUT2D eigenvalue weighted by atomic mass is 10.2. The summed E-state index contributed by atoms with van der Waals surface area (Å²) in [6.07, 6.45) is 4.60. The third-order valence-corrected chi connectivity index (χ3v) is 6.23. The van der Waals surface area contributed by atoms with Gasteiger partial charge in [-0.1, -0.05) is 36.4 Å². The van der Waals surface area contributed by atoms with E-state index < -0.39 is 14.9 Å². The number of aromatic nitrogens is 2. The largest absolute Gasteiger partial charge is 0.322 e. The van der Waals surface area contributed by atoms with E-state index in [4.69, 9.17) is 0 Å². The summed E-state index contributed by atoms with van der Waals surface area (Å²) in [5.74, 6) is -0.453. The molecule has 4 aromatic rings. The highest BCUT2D eigenvalue weighted by atomic mass is 32.2. The van der Waals surface area contributed by atoms with E-state index in [0.717, 1.165) is 0 Å². The number of amides is 1. The van der Waals surface area contributed by atoms with Gasteiger partial charge >= 0.3 is 0 Å². The Hall–Kier alpha value is -4.90. The maximum absolute atomic E-state index is 12.8. The minimum absolute atomic E-state index is 0.0404. The molecule has 0 atom stereocenters.